The lowest BCUT2D eigenvalue weighted by Crippen LogP contribution is -2.25. The van der Waals surface area contributed by atoms with Gasteiger partial charge in [-0.15, -0.1) is 0 Å². The van der Waals surface area contributed by atoms with Crippen LogP contribution >= 0.6 is 0 Å². The minimum absolute atomic E-state index is 0.159. The summed E-state index contributed by atoms with van der Waals surface area (Å²) >= 11 is 0. The fraction of sp³-hybridized carbons (Fsp3) is 0.235. The van der Waals surface area contributed by atoms with E-state index in [0.29, 0.717) is 18.0 Å². The third kappa shape index (κ3) is 5.45. The number of pyridine rings is 1. The normalized spacial score (nSPS) is 11.4. The standard InChI is InChI=1S/C17H15N3O9/c21-15(22)7-6-12(17(24)29-10-11-4-2-1-3-5-11)18-8-13(19(25)26)16(23)14(9-18)20(27)28/h1-5,8-9,12H,6-7,10H2,(H,21,22)/t12-/m1/s1. The molecule has 1 heterocycles. The van der Waals surface area contributed by atoms with E-state index in [1.54, 1.807) is 30.3 Å². The maximum atomic E-state index is 12.5. The molecule has 0 spiro atoms. The molecule has 12 nitrogen and oxygen atoms in total. The number of esters is 1. The van der Waals surface area contributed by atoms with Crippen molar-refractivity contribution in [1.82, 2.24) is 4.57 Å². The minimum atomic E-state index is -1.43. The van der Waals surface area contributed by atoms with Crippen LogP contribution in [0.25, 0.3) is 0 Å². The Hall–Kier alpha value is -4.09. The molecule has 2 aromatic rings. The van der Waals surface area contributed by atoms with Crippen LogP contribution in [-0.2, 0) is 20.9 Å². The van der Waals surface area contributed by atoms with E-state index in [-0.39, 0.29) is 13.0 Å². The number of rotatable bonds is 9. The number of hydrogen-bond donors (Lipinski definition) is 1. The van der Waals surface area contributed by atoms with Crippen LogP contribution in [0, 0.1) is 20.2 Å². The second kappa shape index (κ2) is 9.21. The number of carboxylic acids is 1. The molecule has 2 rings (SSSR count). The Labute approximate surface area is 162 Å². The summed E-state index contributed by atoms with van der Waals surface area (Å²) in [7, 11) is 0. The van der Waals surface area contributed by atoms with Gasteiger partial charge in [-0.1, -0.05) is 30.3 Å². The zero-order valence-corrected chi connectivity index (χ0v) is 14.8. The van der Waals surface area contributed by atoms with E-state index < -0.39 is 51.1 Å². The van der Waals surface area contributed by atoms with Crippen LogP contribution in [-0.4, -0.2) is 31.5 Å². The van der Waals surface area contributed by atoms with Crippen molar-refractivity contribution >= 4 is 23.3 Å². The molecule has 0 amide bonds. The fourth-order valence-corrected chi connectivity index (χ4v) is 2.48. The predicted octanol–water partition coefficient (Wildman–Crippen LogP) is 1.81. The molecule has 152 valence electrons. The van der Waals surface area contributed by atoms with Crippen molar-refractivity contribution in [2.24, 2.45) is 0 Å². The number of carbonyl (C=O) groups is 2. The van der Waals surface area contributed by atoms with Crippen LogP contribution in [0.3, 0.4) is 0 Å². The molecule has 0 saturated carbocycles. The van der Waals surface area contributed by atoms with Gasteiger partial charge in [0.25, 0.3) is 0 Å². The summed E-state index contributed by atoms with van der Waals surface area (Å²) in [5.74, 6) is -2.21. The highest BCUT2D eigenvalue weighted by Gasteiger charge is 2.30. The quantitative estimate of drug-likeness (QED) is 0.371. The topological polar surface area (TPSA) is 172 Å². The van der Waals surface area contributed by atoms with E-state index in [1.165, 1.54) is 0 Å². The Kier molecular flexibility index (Phi) is 6.74. The van der Waals surface area contributed by atoms with Crippen molar-refractivity contribution in [2.45, 2.75) is 25.5 Å². The van der Waals surface area contributed by atoms with Gasteiger partial charge in [-0.2, -0.15) is 0 Å². The number of ether oxygens (including phenoxy) is 1. The Morgan fingerprint density at radius 1 is 1.07 bits per heavy atom. The number of nitrogens with zero attached hydrogens (tertiary/aromatic N) is 3. The van der Waals surface area contributed by atoms with Crippen molar-refractivity contribution in [2.75, 3.05) is 0 Å². The molecule has 0 radical (unpaired) electrons. The van der Waals surface area contributed by atoms with Gasteiger partial charge in [-0.3, -0.25) is 29.8 Å². The minimum Gasteiger partial charge on any atom is -0.481 e. The zero-order valence-electron chi connectivity index (χ0n) is 14.8. The molecule has 1 atom stereocenters. The van der Waals surface area contributed by atoms with E-state index in [1.807, 2.05) is 0 Å². The van der Waals surface area contributed by atoms with E-state index in [4.69, 9.17) is 9.84 Å². The predicted molar refractivity (Wildman–Crippen MR) is 96.2 cm³/mol. The molecule has 12 heteroatoms. The molecule has 0 aliphatic rings. The average Bonchev–Trinajstić information content (AvgIpc) is 2.67. The van der Waals surface area contributed by atoms with Crippen molar-refractivity contribution in [3.05, 3.63) is 78.7 Å². The summed E-state index contributed by atoms with van der Waals surface area (Å²) in [5.41, 5.74) is -3.02. The summed E-state index contributed by atoms with van der Waals surface area (Å²) < 4.78 is 5.91. The molecule has 0 aliphatic carbocycles. The summed E-state index contributed by atoms with van der Waals surface area (Å²) in [6.45, 7) is -0.159. The maximum Gasteiger partial charge on any atom is 0.339 e. The van der Waals surface area contributed by atoms with Gasteiger partial charge in [-0.25, -0.2) is 4.79 Å². The lowest BCUT2D eigenvalue weighted by molar-refractivity contribution is -0.397. The number of hydrogen-bond acceptors (Lipinski definition) is 8. The molecule has 0 aliphatic heterocycles. The summed E-state index contributed by atoms with van der Waals surface area (Å²) in [6, 6.07) is 7.09. The Morgan fingerprint density at radius 3 is 2.10 bits per heavy atom. The number of aliphatic carboxylic acids is 1. The third-order valence-electron chi connectivity index (χ3n) is 3.89. The first-order valence-electron chi connectivity index (χ1n) is 8.17. The summed E-state index contributed by atoms with van der Waals surface area (Å²) in [6.07, 6.45) is 0.441. The lowest BCUT2D eigenvalue weighted by atomic mass is 10.1. The zero-order chi connectivity index (χ0) is 21.6. The largest absolute Gasteiger partial charge is 0.481 e. The van der Waals surface area contributed by atoms with E-state index >= 15 is 0 Å². The highest BCUT2D eigenvalue weighted by Crippen LogP contribution is 2.22. The first-order valence-corrected chi connectivity index (χ1v) is 8.17. The van der Waals surface area contributed by atoms with Gasteiger partial charge in [-0.05, 0) is 12.0 Å². The van der Waals surface area contributed by atoms with Crippen LogP contribution in [0.1, 0.15) is 24.4 Å². The van der Waals surface area contributed by atoms with Gasteiger partial charge in [0.15, 0.2) is 0 Å². The van der Waals surface area contributed by atoms with Crippen LogP contribution in [0.4, 0.5) is 11.4 Å². The van der Waals surface area contributed by atoms with Crippen LogP contribution in [0.2, 0.25) is 0 Å². The van der Waals surface area contributed by atoms with Gasteiger partial charge >= 0.3 is 28.7 Å². The number of nitro groups is 2. The smallest absolute Gasteiger partial charge is 0.339 e. The van der Waals surface area contributed by atoms with Crippen molar-refractivity contribution in [3.8, 4) is 0 Å². The summed E-state index contributed by atoms with van der Waals surface area (Å²) in [4.78, 5) is 55.2. The Morgan fingerprint density at radius 2 is 1.62 bits per heavy atom. The summed E-state index contributed by atoms with van der Waals surface area (Å²) in [5, 5.41) is 31.1. The maximum absolute atomic E-state index is 12.5. The molecule has 29 heavy (non-hydrogen) atoms. The first kappa shape index (κ1) is 21.2. The highest BCUT2D eigenvalue weighted by molar-refractivity contribution is 5.76. The number of benzene rings is 1. The number of aromatic nitrogens is 1. The Bertz CT molecular complexity index is 963. The molecular formula is C17H15N3O9. The van der Waals surface area contributed by atoms with Gasteiger partial charge in [0.1, 0.15) is 12.6 Å². The molecule has 1 aromatic heterocycles. The van der Waals surface area contributed by atoms with Gasteiger partial charge in [0, 0.05) is 6.42 Å². The third-order valence-corrected chi connectivity index (χ3v) is 3.89. The molecule has 0 unspecified atom stereocenters. The first-order chi connectivity index (χ1) is 13.7. The highest BCUT2D eigenvalue weighted by atomic mass is 16.6. The van der Waals surface area contributed by atoms with E-state index in [9.17, 15) is 34.6 Å². The average molecular weight is 405 g/mol. The van der Waals surface area contributed by atoms with Crippen LogP contribution < -0.4 is 5.43 Å². The van der Waals surface area contributed by atoms with Crippen molar-refractivity contribution in [1.29, 1.82) is 0 Å². The molecule has 0 fully saturated rings. The van der Waals surface area contributed by atoms with Gasteiger partial charge in [0.05, 0.1) is 22.2 Å². The van der Waals surface area contributed by atoms with Gasteiger partial charge < -0.3 is 14.4 Å². The van der Waals surface area contributed by atoms with Crippen LogP contribution in [0.5, 0.6) is 0 Å². The second-order valence-corrected chi connectivity index (χ2v) is 5.86. The monoisotopic (exact) mass is 405 g/mol. The van der Waals surface area contributed by atoms with Crippen LogP contribution in [0.15, 0.2) is 47.5 Å². The van der Waals surface area contributed by atoms with E-state index in [2.05, 4.69) is 0 Å². The van der Waals surface area contributed by atoms with Crippen molar-refractivity contribution in [3.63, 3.8) is 0 Å². The Balaban J connectivity index is 2.41. The van der Waals surface area contributed by atoms with Gasteiger partial charge in [0.2, 0.25) is 0 Å². The van der Waals surface area contributed by atoms with Crippen molar-refractivity contribution < 1.29 is 29.3 Å². The molecule has 1 aromatic carbocycles. The number of carbonyl (C=O) groups excluding carboxylic acids is 1. The molecular weight excluding hydrogens is 390 g/mol. The molecule has 0 saturated heterocycles. The van der Waals surface area contributed by atoms with E-state index in [0.717, 1.165) is 4.57 Å². The number of carboxylic acid groups (broad SMARTS) is 1. The molecule has 0 bridgehead atoms. The SMILES string of the molecule is O=C(O)CC[C@H](C(=O)OCc1ccccc1)n1cc([N+](=O)[O-])c(=O)c([N+](=O)[O-])c1. The fourth-order valence-electron chi connectivity index (χ4n) is 2.48. The second-order valence-electron chi connectivity index (χ2n) is 5.86. The molecule has 1 N–H and O–H groups in total. The lowest BCUT2D eigenvalue weighted by Gasteiger charge is -2.18.